The first-order valence-corrected chi connectivity index (χ1v) is 9.58. The van der Waals surface area contributed by atoms with Crippen LogP contribution in [0.3, 0.4) is 0 Å². The summed E-state index contributed by atoms with van der Waals surface area (Å²) >= 11 is 1.35. The van der Waals surface area contributed by atoms with E-state index in [0.717, 1.165) is 24.1 Å². The van der Waals surface area contributed by atoms with Gasteiger partial charge in [0, 0.05) is 6.54 Å². The van der Waals surface area contributed by atoms with Crippen molar-refractivity contribution in [3.63, 3.8) is 0 Å². The lowest BCUT2D eigenvalue weighted by Crippen LogP contribution is -2.30. The van der Waals surface area contributed by atoms with Gasteiger partial charge in [-0.3, -0.25) is 9.69 Å². The summed E-state index contributed by atoms with van der Waals surface area (Å²) in [6.07, 6.45) is 3.68. The number of rotatable bonds is 6. The van der Waals surface area contributed by atoms with Crippen LogP contribution in [0.15, 0.2) is 64.5 Å². The molecule has 1 heterocycles. The third kappa shape index (κ3) is 4.65. The number of amidine groups is 1. The van der Waals surface area contributed by atoms with E-state index in [0.29, 0.717) is 16.6 Å². The molecule has 138 valence electrons. The van der Waals surface area contributed by atoms with Crippen molar-refractivity contribution in [2.45, 2.75) is 19.8 Å². The van der Waals surface area contributed by atoms with E-state index in [9.17, 15) is 9.59 Å². The van der Waals surface area contributed by atoms with Crippen LogP contribution in [-0.4, -0.2) is 33.6 Å². The summed E-state index contributed by atoms with van der Waals surface area (Å²) in [5, 5.41) is 9.67. The van der Waals surface area contributed by atoms with Gasteiger partial charge in [-0.1, -0.05) is 43.7 Å². The molecule has 1 aliphatic rings. The Kier molecular flexibility index (Phi) is 6.08. The van der Waals surface area contributed by atoms with Gasteiger partial charge >= 0.3 is 5.97 Å². The van der Waals surface area contributed by atoms with Gasteiger partial charge in [0.1, 0.15) is 0 Å². The van der Waals surface area contributed by atoms with Gasteiger partial charge < -0.3 is 5.11 Å². The Morgan fingerprint density at radius 3 is 2.48 bits per heavy atom. The zero-order chi connectivity index (χ0) is 19.2. The molecule has 2 aromatic carbocycles. The number of benzene rings is 2. The summed E-state index contributed by atoms with van der Waals surface area (Å²) in [6.45, 7) is 2.71. The fourth-order valence-corrected chi connectivity index (χ4v) is 3.62. The lowest BCUT2D eigenvalue weighted by atomic mass is 10.1. The van der Waals surface area contributed by atoms with E-state index in [1.54, 1.807) is 23.1 Å². The number of hydrogen-bond donors (Lipinski definition) is 1. The summed E-state index contributed by atoms with van der Waals surface area (Å²) < 4.78 is 0. The molecule has 5 nitrogen and oxygen atoms in total. The number of para-hydroxylation sites is 1. The second kappa shape index (κ2) is 8.68. The number of nitrogens with zero attached hydrogens (tertiary/aromatic N) is 2. The van der Waals surface area contributed by atoms with Gasteiger partial charge in [0.15, 0.2) is 5.17 Å². The van der Waals surface area contributed by atoms with Crippen molar-refractivity contribution in [3.05, 3.63) is 70.6 Å². The molecule has 1 N–H and O–H groups in total. The molecule has 0 bridgehead atoms. The lowest BCUT2D eigenvalue weighted by Gasteiger charge is -2.14. The minimum absolute atomic E-state index is 0.0644. The second-order valence-electron chi connectivity index (χ2n) is 6.08. The van der Waals surface area contributed by atoms with Gasteiger partial charge in [-0.25, -0.2) is 9.79 Å². The Morgan fingerprint density at radius 2 is 1.85 bits per heavy atom. The lowest BCUT2D eigenvalue weighted by molar-refractivity contribution is -0.122. The summed E-state index contributed by atoms with van der Waals surface area (Å²) in [4.78, 5) is 30.8. The highest BCUT2D eigenvalue weighted by Gasteiger charge is 2.32. The van der Waals surface area contributed by atoms with Crippen LogP contribution in [0.25, 0.3) is 6.08 Å². The van der Waals surface area contributed by atoms with Gasteiger partial charge in [0.2, 0.25) is 0 Å². The molecule has 6 heteroatoms. The van der Waals surface area contributed by atoms with E-state index in [2.05, 4.69) is 11.9 Å². The molecular formula is C21H20N2O3S. The molecule has 0 spiro atoms. The van der Waals surface area contributed by atoms with Crippen molar-refractivity contribution >= 4 is 40.6 Å². The summed E-state index contributed by atoms with van der Waals surface area (Å²) in [7, 11) is 0. The third-order valence-corrected chi connectivity index (χ3v) is 5.07. The molecule has 0 aliphatic carbocycles. The van der Waals surface area contributed by atoms with E-state index in [4.69, 9.17) is 5.11 Å². The average Bonchev–Trinajstić information content (AvgIpc) is 2.96. The zero-order valence-electron chi connectivity index (χ0n) is 15.0. The minimum Gasteiger partial charge on any atom is -0.478 e. The standard InChI is InChI=1S/C21H20N2O3S/c1-2-3-13-23-19(24)18(14-15-9-11-16(12-10-15)20(25)26)27-21(23)22-17-7-5-4-6-8-17/h4-12,14H,2-3,13H2,1H3,(H,25,26)/b18-14+,22-21?. The van der Waals surface area contributed by atoms with Crippen LogP contribution in [0.5, 0.6) is 0 Å². The van der Waals surface area contributed by atoms with Crippen molar-refractivity contribution in [2.24, 2.45) is 4.99 Å². The fraction of sp³-hybridized carbons (Fsp3) is 0.190. The molecular weight excluding hydrogens is 360 g/mol. The SMILES string of the molecule is CCCCN1C(=O)/C(=C\c2ccc(C(=O)O)cc2)SC1=Nc1ccccc1. The van der Waals surface area contributed by atoms with Gasteiger partial charge in [-0.15, -0.1) is 0 Å². The van der Waals surface area contributed by atoms with Crippen LogP contribution in [0.2, 0.25) is 0 Å². The number of amides is 1. The van der Waals surface area contributed by atoms with Crippen molar-refractivity contribution in [1.82, 2.24) is 4.90 Å². The predicted octanol–water partition coefficient (Wildman–Crippen LogP) is 4.79. The van der Waals surface area contributed by atoms with E-state index in [-0.39, 0.29) is 11.5 Å². The van der Waals surface area contributed by atoms with Crippen LogP contribution < -0.4 is 0 Å². The van der Waals surface area contributed by atoms with Gasteiger partial charge in [0.25, 0.3) is 5.91 Å². The van der Waals surface area contributed by atoms with Crippen molar-refractivity contribution in [2.75, 3.05) is 6.54 Å². The Hall–Kier alpha value is -2.86. The molecule has 0 saturated carbocycles. The van der Waals surface area contributed by atoms with Gasteiger partial charge in [0.05, 0.1) is 16.2 Å². The number of aromatic carboxylic acids is 1. The van der Waals surface area contributed by atoms with Gasteiger partial charge in [-0.2, -0.15) is 0 Å². The summed E-state index contributed by atoms with van der Waals surface area (Å²) in [5.41, 5.74) is 1.81. The molecule has 0 unspecified atom stereocenters. The first-order valence-electron chi connectivity index (χ1n) is 8.77. The molecule has 0 radical (unpaired) electrons. The monoisotopic (exact) mass is 380 g/mol. The van der Waals surface area contributed by atoms with Crippen molar-refractivity contribution < 1.29 is 14.7 Å². The van der Waals surface area contributed by atoms with Crippen LogP contribution in [0.4, 0.5) is 5.69 Å². The number of aliphatic imine (C=N–C) groups is 1. The quantitative estimate of drug-likeness (QED) is 0.732. The number of carbonyl (C=O) groups excluding carboxylic acids is 1. The van der Waals surface area contributed by atoms with E-state index in [1.807, 2.05) is 30.3 Å². The topological polar surface area (TPSA) is 70.0 Å². The maximum Gasteiger partial charge on any atom is 0.335 e. The van der Waals surface area contributed by atoms with Gasteiger partial charge in [-0.05, 0) is 54.1 Å². The van der Waals surface area contributed by atoms with E-state index in [1.165, 1.54) is 23.9 Å². The normalized spacial score (nSPS) is 17.1. The first kappa shape index (κ1) is 18.9. The first-order chi connectivity index (χ1) is 13.1. The Bertz CT molecular complexity index is 889. The number of thioether (sulfide) groups is 1. The van der Waals surface area contributed by atoms with Crippen LogP contribution in [0, 0.1) is 0 Å². The smallest absolute Gasteiger partial charge is 0.335 e. The maximum absolute atomic E-state index is 12.9. The second-order valence-corrected chi connectivity index (χ2v) is 7.09. The molecule has 1 saturated heterocycles. The maximum atomic E-state index is 12.9. The zero-order valence-corrected chi connectivity index (χ0v) is 15.8. The highest BCUT2D eigenvalue weighted by Crippen LogP contribution is 2.34. The van der Waals surface area contributed by atoms with E-state index < -0.39 is 5.97 Å². The molecule has 1 amide bonds. The molecule has 0 atom stereocenters. The minimum atomic E-state index is -0.969. The highest BCUT2D eigenvalue weighted by molar-refractivity contribution is 8.18. The molecule has 2 aromatic rings. The number of carbonyl (C=O) groups is 2. The fourth-order valence-electron chi connectivity index (χ4n) is 2.59. The predicted molar refractivity (Wildman–Crippen MR) is 109 cm³/mol. The van der Waals surface area contributed by atoms with Crippen molar-refractivity contribution in [3.8, 4) is 0 Å². The van der Waals surface area contributed by atoms with Crippen LogP contribution >= 0.6 is 11.8 Å². The van der Waals surface area contributed by atoms with Crippen LogP contribution in [-0.2, 0) is 4.79 Å². The number of unbranched alkanes of at least 4 members (excludes halogenated alkanes) is 1. The number of carboxylic acid groups (broad SMARTS) is 1. The number of carboxylic acids is 1. The van der Waals surface area contributed by atoms with Crippen molar-refractivity contribution in [1.29, 1.82) is 0 Å². The third-order valence-electron chi connectivity index (χ3n) is 4.06. The van der Waals surface area contributed by atoms with Crippen LogP contribution in [0.1, 0.15) is 35.7 Å². The summed E-state index contributed by atoms with van der Waals surface area (Å²) in [5.74, 6) is -1.03. The van der Waals surface area contributed by atoms with E-state index >= 15 is 0 Å². The molecule has 0 aromatic heterocycles. The number of hydrogen-bond acceptors (Lipinski definition) is 4. The Balaban J connectivity index is 1.89. The largest absolute Gasteiger partial charge is 0.478 e. The molecule has 3 rings (SSSR count). The Morgan fingerprint density at radius 1 is 1.15 bits per heavy atom. The highest BCUT2D eigenvalue weighted by atomic mass is 32.2. The Labute approximate surface area is 162 Å². The molecule has 27 heavy (non-hydrogen) atoms. The average molecular weight is 380 g/mol. The summed E-state index contributed by atoms with van der Waals surface area (Å²) in [6, 6.07) is 16.0. The molecule has 1 fully saturated rings. The molecule has 1 aliphatic heterocycles.